The summed E-state index contributed by atoms with van der Waals surface area (Å²) in [5, 5.41) is 3.57. The lowest BCUT2D eigenvalue weighted by molar-refractivity contribution is 0.402. The Labute approximate surface area is 162 Å². The Morgan fingerprint density at radius 1 is 0.963 bits per heavy atom. The van der Waals surface area contributed by atoms with E-state index in [1.54, 1.807) is 6.33 Å². The largest absolute Gasteiger partial charge is 0.393 e. The summed E-state index contributed by atoms with van der Waals surface area (Å²) in [6.45, 7) is 2.03. The van der Waals surface area contributed by atoms with Crippen LogP contribution in [0.15, 0.2) is 36.7 Å². The van der Waals surface area contributed by atoms with Gasteiger partial charge < -0.3 is 16.0 Å². The minimum atomic E-state index is 0.500. The normalized spacial score (nSPS) is 19.2. The van der Waals surface area contributed by atoms with Crippen LogP contribution in [0, 0.1) is 5.92 Å². The number of hydrogen-bond donors (Lipinski definition) is 2. The number of rotatable bonds is 5. The maximum Gasteiger partial charge on any atom is 0.157 e. The van der Waals surface area contributed by atoms with Crippen LogP contribution < -0.4 is 16.0 Å². The van der Waals surface area contributed by atoms with Gasteiger partial charge in [-0.2, -0.15) is 0 Å². The third-order valence-electron chi connectivity index (χ3n) is 6.09. The highest BCUT2D eigenvalue weighted by atomic mass is 15.2. The van der Waals surface area contributed by atoms with Gasteiger partial charge in [0.25, 0.3) is 0 Å². The highest BCUT2D eigenvalue weighted by molar-refractivity contribution is 5.75. The average Bonchev–Trinajstić information content (AvgIpc) is 2.72. The molecule has 27 heavy (non-hydrogen) atoms. The molecule has 1 aromatic carbocycles. The van der Waals surface area contributed by atoms with Crippen molar-refractivity contribution in [3.8, 4) is 0 Å². The Morgan fingerprint density at radius 3 is 2.44 bits per heavy atom. The van der Waals surface area contributed by atoms with Crippen LogP contribution in [-0.2, 0) is 6.42 Å². The molecule has 1 saturated carbocycles. The predicted octanol–water partition coefficient (Wildman–Crippen LogP) is 4.26. The monoisotopic (exact) mass is 365 g/mol. The molecule has 5 heteroatoms. The summed E-state index contributed by atoms with van der Waals surface area (Å²) in [6.07, 6.45) is 11.6. The van der Waals surface area contributed by atoms with Crippen molar-refractivity contribution in [3.63, 3.8) is 0 Å². The van der Waals surface area contributed by atoms with Crippen LogP contribution in [-0.4, -0.2) is 29.1 Å². The quantitative estimate of drug-likeness (QED) is 0.828. The van der Waals surface area contributed by atoms with Crippen LogP contribution in [0.2, 0.25) is 0 Å². The van der Waals surface area contributed by atoms with Gasteiger partial charge in [-0.3, -0.25) is 0 Å². The van der Waals surface area contributed by atoms with Gasteiger partial charge >= 0.3 is 0 Å². The number of piperidine rings is 1. The molecule has 4 rings (SSSR count). The van der Waals surface area contributed by atoms with Gasteiger partial charge in [0, 0.05) is 19.1 Å². The summed E-state index contributed by atoms with van der Waals surface area (Å²) in [7, 11) is 0. The fourth-order valence-electron chi connectivity index (χ4n) is 4.49. The van der Waals surface area contributed by atoms with Gasteiger partial charge in [-0.1, -0.05) is 49.6 Å². The van der Waals surface area contributed by atoms with Crippen molar-refractivity contribution in [2.45, 2.75) is 57.4 Å². The zero-order chi connectivity index (χ0) is 18.5. The van der Waals surface area contributed by atoms with E-state index < -0.39 is 0 Å². The smallest absolute Gasteiger partial charge is 0.157 e. The molecule has 2 heterocycles. The maximum absolute atomic E-state index is 6.46. The predicted molar refractivity (Wildman–Crippen MR) is 112 cm³/mol. The number of aromatic nitrogens is 2. The minimum absolute atomic E-state index is 0.500. The first-order valence-electron chi connectivity index (χ1n) is 10.5. The van der Waals surface area contributed by atoms with E-state index in [1.807, 2.05) is 0 Å². The summed E-state index contributed by atoms with van der Waals surface area (Å²) in [5.74, 6) is 2.46. The Hall–Kier alpha value is -2.30. The Bertz CT molecular complexity index is 719. The molecule has 1 aliphatic carbocycles. The number of nitrogen functional groups attached to an aromatic ring is 1. The van der Waals surface area contributed by atoms with Gasteiger partial charge in [-0.15, -0.1) is 0 Å². The van der Waals surface area contributed by atoms with Gasteiger partial charge in [0.1, 0.15) is 12.0 Å². The zero-order valence-corrected chi connectivity index (χ0v) is 16.1. The zero-order valence-electron chi connectivity index (χ0n) is 16.1. The minimum Gasteiger partial charge on any atom is -0.393 e. The van der Waals surface area contributed by atoms with Crippen molar-refractivity contribution < 1.29 is 0 Å². The summed E-state index contributed by atoms with van der Waals surface area (Å²) < 4.78 is 0. The van der Waals surface area contributed by atoms with Gasteiger partial charge in [0.05, 0.1) is 0 Å². The van der Waals surface area contributed by atoms with Gasteiger partial charge in [0.15, 0.2) is 11.6 Å². The first-order valence-corrected chi connectivity index (χ1v) is 10.5. The molecule has 2 fully saturated rings. The van der Waals surface area contributed by atoms with E-state index in [-0.39, 0.29) is 0 Å². The van der Waals surface area contributed by atoms with Gasteiger partial charge in [-0.25, -0.2) is 9.97 Å². The summed E-state index contributed by atoms with van der Waals surface area (Å²) in [5.41, 5.74) is 8.61. The standard InChI is InChI=1S/C22H31N5/c23-20-21(26-19-9-5-2-6-10-19)24-16-25-22(20)27-13-11-18(12-14-27)15-17-7-3-1-4-8-17/h1,3-4,7-8,16,18-19H,2,5-6,9-15,23H2,(H,24,25,26). The molecular formula is C22H31N5. The van der Waals surface area contributed by atoms with E-state index in [9.17, 15) is 0 Å². The molecule has 2 aromatic rings. The molecule has 3 N–H and O–H groups in total. The molecule has 5 nitrogen and oxygen atoms in total. The molecule has 1 aromatic heterocycles. The number of hydrogen-bond acceptors (Lipinski definition) is 5. The molecule has 1 saturated heterocycles. The molecule has 0 bridgehead atoms. The summed E-state index contributed by atoms with van der Waals surface area (Å²) in [6, 6.07) is 11.3. The Balaban J connectivity index is 1.37. The van der Waals surface area contributed by atoms with Crippen LogP contribution in [0.5, 0.6) is 0 Å². The third-order valence-corrected chi connectivity index (χ3v) is 6.09. The molecule has 1 aliphatic heterocycles. The molecule has 0 spiro atoms. The van der Waals surface area contributed by atoms with Crippen LogP contribution in [0.3, 0.4) is 0 Å². The third kappa shape index (κ3) is 4.52. The topological polar surface area (TPSA) is 67.1 Å². The molecule has 144 valence electrons. The van der Waals surface area contributed by atoms with Crippen molar-refractivity contribution in [2.24, 2.45) is 5.92 Å². The average molecular weight is 366 g/mol. The second kappa shape index (κ2) is 8.59. The number of nitrogens with one attached hydrogen (secondary N) is 1. The van der Waals surface area contributed by atoms with Gasteiger partial charge in [-0.05, 0) is 43.6 Å². The lowest BCUT2D eigenvalue weighted by Crippen LogP contribution is -2.35. The van der Waals surface area contributed by atoms with E-state index in [0.717, 1.165) is 30.6 Å². The SMILES string of the molecule is Nc1c(NC2CCCCC2)ncnc1N1CCC(Cc2ccccc2)CC1. The second-order valence-corrected chi connectivity index (χ2v) is 8.06. The number of benzene rings is 1. The second-order valence-electron chi connectivity index (χ2n) is 8.06. The van der Waals surface area contributed by atoms with Crippen molar-refractivity contribution >= 4 is 17.3 Å². The summed E-state index contributed by atoms with van der Waals surface area (Å²) >= 11 is 0. The Morgan fingerprint density at radius 2 is 1.70 bits per heavy atom. The highest BCUT2D eigenvalue weighted by Gasteiger charge is 2.24. The lowest BCUT2D eigenvalue weighted by atomic mass is 9.90. The molecular weight excluding hydrogens is 334 g/mol. The first-order chi connectivity index (χ1) is 13.3. The van der Waals surface area contributed by atoms with Gasteiger partial charge in [0.2, 0.25) is 0 Å². The number of nitrogens with zero attached hydrogens (tertiary/aromatic N) is 3. The highest BCUT2D eigenvalue weighted by Crippen LogP contribution is 2.32. The van der Waals surface area contributed by atoms with Crippen molar-refractivity contribution in [3.05, 3.63) is 42.2 Å². The van der Waals surface area contributed by atoms with Crippen LogP contribution in [0.4, 0.5) is 17.3 Å². The van der Waals surface area contributed by atoms with Crippen molar-refractivity contribution in [1.29, 1.82) is 0 Å². The summed E-state index contributed by atoms with van der Waals surface area (Å²) in [4.78, 5) is 11.3. The molecule has 0 unspecified atom stereocenters. The Kier molecular flexibility index (Phi) is 5.75. The van der Waals surface area contributed by atoms with Crippen LogP contribution in [0.25, 0.3) is 0 Å². The van der Waals surface area contributed by atoms with Crippen molar-refractivity contribution in [2.75, 3.05) is 29.0 Å². The van der Waals surface area contributed by atoms with Crippen LogP contribution >= 0.6 is 0 Å². The first kappa shape index (κ1) is 18.1. The van der Waals surface area contributed by atoms with E-state index in [4.69, 9.17) is 5.73 Å². The van der Waals surface area contributed by atoms with Crippen LogP contribution in [0.1, 0.15) is 50.5 Å². The molecule has 0 amide bonds. The maximum atomic E-state index is 6.46. The number of nitrogens with two attached hydrogens (primary N) is 1. The van der Waals surface area contributed by atoms with E-state index in [2.05, 4.69) is 50.5 Å². The van der Waals surface area contributed by atoms with Crippen molar-refractivity contribution in [1.82, 2.24) is 9.97 Å². The van der Waals surface area contributed by atoms with E-state index >= 15 is 0 Å². The lowest BCUT2D eigenvalue weighted by Gasteiger charge is -2.34. The molecule has 0 atom stereocenters. The molecule has 2 aliphatic rings. The fourth-order valence-corrected chi connectivity index (χ4v) is 4.49. The van der Waals surface area contributed by atoms with E-state index in [1.165, 1.54) is 56.9 Å². The fraction of sp³-hybridized carbons (Fsp3) is 0.545. The number of anilines is 3. The van der Waals surface area contributed by atoms with E-state index in [0.29, 0.717) is 11.7 Å². The molecule has 0 radical (unpaired) electrons.